The Morgan fingerprint density at radius 3 is 2.46 bits per heavy atom. The molecule has 5 heteroatoms. The molecule has 0 aromatic heterocycles. The normalized spacial score (nSPS) is 20.3. The van der Waals surface area contributed by atoms with Crippen LogP contribution in [0.15, 0.2) is 77.3 Å². The fourth-order valence-corrected chi connectivity index (χ4v) is 3.55. The van der Waals surface area contributed by atoms with E-state index in [2.05, 4.69) is 12.4 Å². The van der Waals surface area contributed by atoms with Gasteiger partial charge in [0, 0.05) is 11.1 Å². The number of rotatable bonds is 2. The van der Waals surface area contributed by atoms with Crippen molar-refractivity contribution in [1.82, 2.24) is 5.48 Å². The van der Waals surface area contributed by atoms with Crippen molar-refractivity contribution in [3.05, 3.63) is 93.5 Å². The largest absolute Gasteiger partial charge is 0.265 e. The van der Waals surface area contributed by atoms with Crippen LogP contribution in [0.1, 0.15) is 11.1 Å². The maximum atomic E-state index is 6.42. The number of hydrogen-bond donors (Lipinski definition) is 1. The number of aryl methyl sites for hydroxylation is 1. The van der Waals surface area contributed by atoms with Gasteiger partial charge in [0.1, 0.15) is 6.10 Å². The van der Waals surface area contributed by atoms with Crippen molar-refractivity contribution < 1.29 is 4.84 Å². The average molecular weight is 383 g/mol. The van der Waals surface area contributed by atoms with Crippen molar-refractivity contribution in [2.24, 2.45) is 4.99 Å². The molecule has 0 spiro atoms. The highest BCUT2D eigenvalue weighted by Gasteiger charge is 2.31. The summed E-state index contributed by atoms with van der Waals surface area (Å²) in [5.41, 5.74) is 8.23. The van der Waals surface area contributed by atoms with Gasteiger partial charge in [-0.25, -0.2) is 4.99 Å². The summed E-state index contributed by atoms with van der Waals surface area (Å²) < 4.78 is 0. The Morgan fingerprint density at radius 1 is 1.00 bits per heavy atom. The Balaban J connectivity index is 1.90. The number of fused-ring (bicyclic) bond motifs is 1. The molecule has 0 amide bonds. The number of hydrogen-bond acceptors (Lipinski definition) is 3. The van der Waals surface area contributed by atoms with E-state index in [-0.39, 0.29) is 6.10 Å². The molecule has 1 aliphatic carbocycles. The lowest BCUT2D eigenvalue weighted by Crippen LogP contribution is -2.13. The second-order valence-corrected chi connectivity index (χ2v) is 6.92. The monoisotopic (exact) mass is 382 g/mol. The molecule has 0 saturated heterocycles. The predicted octanol–water partition coefficient (Wildman–Crippen LogP) is 5.82. The van der Waals surface area contributed by atoms with Crippen molar-refractivity contribution in [2.45, 2.75) is 13.0 Å². The molecule has 0 saturated carbocycles. The maximum Gasteiger partial charge on any atom is 0.133 e. The molecular formula is C21H16Cl2N2O. The van der Waals surface area contributed by atoms with Gasteiger partial charge in [0.15, 0.2) is 0 Å². The Morgan fingerprint density at radius 2 is 1.73 bits per heavy atom. The van der Waals surface area contributed by atoms with Gasteiger partial charge in [0.2, 0.25) is 0 Å². The van der Waals surface area contributed by atoms with E-state index in [4.69, 9.17) is 33.0 Å². The molecule has 1 N–H and O–H groups in total. The van der Waals surface area contributed by atoms with E-state index in [1.165, 1.54) is 5.56 Å². The summed E-state index contributed by atoms with van der Waals surface area (Å²) in [7, 11) is 0. The zero-order valence-electron chi connectivity index (χ0n) is 14.0. The van der Waals surface area contributed by atoms with Crippen LogP contribution in [0, 0.1) is 6.92 Å². The molecule has 0 radical (unpaired) electrons. The highest BCUT2D eigenvalue weighted by molar-refractivity contribution is 6.38. The Hall–Kier alpha value is -2.33. The first-order valence-electron chi connectivity index (χ1n) is 8.24. The number of nitrogens with zero attached hydrogens (tertiary/aromatic N) is 1. The van der Waals surface area contributed by atoms with E-state index >= 15 is 0 Å². The number of aliphatic imine (C=N–C) groups is 1. The van der Waals surface area contributed by atoms with Gasteiger partial charge in [0.25, 0.3) is 0 Å². The van der Waals surface area contributed by atoms with Crippen molar-refractivity contribution in [3.63, 3.8) is 0 Å². The third kappa shape index (κ3) is 3.21. The summed E-state index contributed by atoms with van der Waals surface area (Å²) in [5, 5.41) is 1.12. The standard InChI is InChI=1S/C21H16Cl2N2O/c1-13-9-11-14(12-10-13)24-17-7-2-3-8-18-20(17)21(25-26-18)19-15(22)5-4-6-16(19)23/h2-12,18,25H,1H3. The van der Waals surface area contributed by atoms with Gasteiger partial charge in [-0.3, -0.25) is 10.3 Å². The molecule has 0 fully saturated rings. The first-order valence-corrected chi connectivity index (χ1v) is 9.00. The smallest absolute Gasteiger partial charge is 0.133 e. The van der Waals surface area contributed by atoms with Crippen LogP contribution < -0.4 is 5.48 Å². The lowest BCUT2D eigenvalue weighted by molar-refractivity contribution is 0.0764. The Bertz CT molecular complexity index is 952. The van der Waals surface area contributed by atoms with Gasteiger partial charge in [-0.1, -0.05) is 59.1 Å². The van der Waals surface area contributed by atoms with Gasteiger partial charge in [-0.15, -0.1) is 0 Å². The summed E-state index contributed by atoms with van der Waals surface area (Å²) >= 11 is 12.8. The van der Waals surface area contributed by atoms with Crippen LogP contribution in [0.4, 0.5) is 5.69 Å². The minimum atomic E-state index is -0.267. The molecule has 1 atom stereocenters. The van der Waals surface area contributed by atoms with E-state index in [1.807, 2.05) is 66.8 Å². The van der Waals surface area contributed by atoms with Crippen molar-refractivity contribution in [3.8, 4) is 0 Å². The van der Waals surface area contributed by atoms with Crippen molar-refractivity contribution in [1.29, 1.82) is 0 Å². The summed E-state index contributed by atoms with van der Waals surface area (Å²) in [6, 6.07) is 13.5. The van der Waals surface area contributed by atoms with Crippen LogP contribution in [0.5, 0.6) is 0 Å². The molecule has 2 aliphatic rings. The molecular weight excluding hydrogens is 367 g/mol. The molecule has 3 nitrogen and oxygen atoms in total. The molecule has 1 heterocycles. The summed E-state index contributed by atoms with van der Waals surface area (Å²) in [5.74, 6) is 0. The van der Waals surface area contributed by atoms with Crippen molar-refractivity contribution in [2.75, 3.05) is 0 Å². The van der Waals surface area contributed by atoms with Gasteiger partial charge >= 0.3 is 0 Å². The minimum Gasteiger partial charge on any atom is -0.265 e. The number of halogens is 2. The van der Waals surface area contributed by atoms with Crippen LogP contribution >= 0.6 is 23.2 Å². The third-order valence-corrected chi connectivity index (χ3v) is 4.90. The molecule has 1 unspecified atom stereocenters. The van der Waals surface area contributed by atoms with Gasteiger partial charge in [0.05, 0.1) is 27.1 Å². The first-order chi connectivity index (χ1) is 12.6. The van der Waals surface area contributed by atoms with Crippen LogP contribution in [-0.4, -0.2) is 11.8 Å². The van der Waals surface area contributed by atoms with Crippen LogP contribution in [0.2, 0.25) is 10.0 Å². The maximum absolute atomic E-state index is 6.42. The topological polar surface area (TPSA) is 33.6 Å². The molecule has 26 heavy (non-hydrogen) atoms. The van der Waals surface area contributed by atoms with E-state index in [1.54, 1.807) is 0 Å². The second kappa shape index (κ2) is 7.12. The molecule has 2 aromatic rings. The fraction of sp³-hybridized carbons (Fsp3) is 0.0952. The zero-order valence-corrected chi connectivity index (χ0v) is 15.6. The zero-order chi connectivity index (χ0) is 18.1. The third-order valence-electron chi connectivity index (χ3n) is 4.27. The molecule has 2 aromatic carbocycles. The lowest BCUT2D eigenvalue weighted by Gasteiger charge is -2.11. The van der Waals surface area contributed by atoms with E-state index < -0.39 is 0 Å². The summed E-state index contributed by atoms with van der Waals surface area (Å²) in [6.45, 7) is 2.05. The van der Waals surface area contributed by atoms with Crippen LogP contribution in [0.3, 0.4) is 0 Å². The SMILES string of the molecule is Cc1ccc(N=C2C=CC=CC3ONC(c4c(Cl)cccc4Cl)=C23)cc1. The highest BCUT2D eigenvalue weighted by atomic mass is 35.5. The number of hydroxylamine groups is 1. The van der Waals surface area contributed by atoms with E-state index in [9.17, 15) is 0 Å². The van der Waals surface area contributed by atoms with Gasteiger partial charge in [-0.05, 0) is 43.3 Å². The lowest BCUT2D eigenvalue weighted by atomic mass is 9.99. The number of nitrogens with one attached hydrogen (secondary N) is 1. The molecule has 130 valence electrons. The fourth-order valence-electron chi connectivity index (χ4n) is 2.97. The van der Waals surface area contributed by atoms with Gasteiger partial charge < -0.3 is 0 Å². The molecule has 0 bridgehead atoms. The average Bonchev–Trinajstić information content (AvgIpc) is 2.92. The second-order valence-electron chi connectivity index (χ2n) is 6.10. The predicted molar refractivity (Wildman–Crippen MR) is 108 cm³/mol. The Labute approximate surface area is 162 Å². The number of allylic oxidation sites excluding steroid dienone is 3. The van der Waals surface area contributed by atoms with Gasteiger partial charge in [-0.2, -0.15) is 0 Å². The molecule has 1 aliphatic heterocycles. The van der Waals surface area contributed by atoms with Crippen LogP contribution in [0.25, 0.3) is 5.70 Å². The van der Waals surface area contributed by atoms with Crippen LogP contribution in [-0.2, 0) is 4.84 Å². The number of benzene rings is 2. The minimum absolute atomic E-state index is 0.267. The quantitative estimate of drug-likeness (QED) is 0.710. The van der Waals surface area contributed by atoms with E-state index in [0.717, 1.165) is 22.7 Å². The van der Waals surface area contributed by atoms with E-state index in [0.29, 0.717) is 15.6 Å². The molecule has 4 rings (SSSR count). The first kappa shape index (κ1) is 17.1. The van der Waals surface area contributed by atoms with Crippen molar-refractivity contribution >= 4 is 40.3 Å². The summed E-state index contributed by atoms with van der Waals surface area (Å²) in [4.78, 5) is 10.6. The highest BCUT2D eigenvalue weighted by Crippen LogP contribution is 2.37. The summed E-state index contributed by atoms with van der Waals surface area (Å²) in [6.07, 6.45) is 7.56. The Kier molecular flexibility index (Phi) is 4.68.